The molecule has 2 aromatic rings. The average Bonchev–Trinajstić information content (AvgIpc) is 2.77. The molecule has 0 radical (unpaired) electrons. The van der Waals surface area contributed by atoms with E-state index in [1.807, 2.05) is 32.2 Å². The van der Waals surface area contributed by atoms with E-state index < -0.39 is 0 Å². The molecule has 0 fully saturated rings. The fraction of sp³-hybridized carbons (Fsp3) is 0.462. The first-order chi connectivity index (χ1) is 8.72. The van der Waals surface area contributed by atoms with Gasteiger partial charge in [0.1, 0.15) is 0 Å². The predicted octanol–water partition coefficient (Wildman–Crippen LogP) is 1.61. The highest BCUT2D eigenvalue weighted by Gasteiger charge is 2.18. The molecule has 0 aliphatic rings. The summed E-state index contributed by atoms with van der Waals surface area (Å²) >= 11 is 0. The summed E-state index contributed by atoms with van der Waals surface area (Å²) in [4.78, 5) is 4.59. The van der Waals surface area contributed by atoms with E-state index in [4.69, 9.17) is 0 Å². The number of rotatable bonds is 5. The third-order valence-corrected chi connectivity index (χ3v) is 2.85. The summed E-state index contributed by atoms with van der Waals surface area (Å²) in [5.41, 5.74) is 3.06. The molecule has 0 aromatic carbocycles. The van der Waals surface area contributed by atoms with Crippen molar-refractivity contribution in [1.29, 1.82) is 0 Å². The molecule has 0 saturated carbocycles. The zero-order valence-electron chi connectivity index (χ0n) is 11.1. The number of nitrogens with one attached hydrogen (secondary N) is 1. The zero-order valence-corrected chi connectivity index (χ0v) is 11.1. The molecule has 96 valence electrons. The van der Waals surface area contributed by atoms with Crippen molar-refractivity contribution in [2.24, 2.45) is 7.05 Å². The molecule has 0 spiro atoms. The third-order valence-electron chi connectivity index (χ3n) is 2.85. The monoisotopic (exact) mass is 245 g/mol. The van der Waals surface area contributed by atoms with Crippen molar-refractivity contribution in [3.63, 3.8) is 0 Å². The molecule has 1 atom stereocenters. The van der Waals surface area contributed by atoms with E-state index >= 15 is 0 Å². The molecule has 0 bridgehead atoms. The summed E-state index contributed by atoms with van der Waals surface area (Å²) in [6.07, 6.45) is 2.87. The summed E-state index contributed by atoms with van der Waals surface area (Å²) in [7, 11) is 1.90. The van der Waals surface area contributed by atoms with Crippen LogP contribution in [-0.4, -0.2) is 26.5 Å². The maximum atomic E-state index is 4.59. The second-order valence-corrected chi connectivity index (χ2v) is 4.37. The van der Waals surface area contributed by atoms with Crippen LogP contribution in [0.4, 0.5) is 0 Å². The van der Waals surface area contributed by atoms with Gasteiger partial charge in [-0.1, -0.05) is 18.2 Å². The van der Waals surface area contributed by atoms with Crippen LogP contribution in [-0.2, 0) is 7.05 Å². The predicted molar refractivity (Wildman–Crippen MR) is 70.1 cm³/mol. The summed E-state index contributed by atoms with van der Waals surface area (Å²) in [6.45, 7) is 5.09. The topological polar surface area (TPSA) is 55.6 Å². The number of hydrogen-bond donors (Lipinski definition) is 1. The van der Waals surface area contributed by atoms with Crippen LogP contribution in [0.15, 0.2) is 24.4 Å². The standard InChI is InChI=1S/C13H19N5/c1-4-8-14-13(12-9-15-17-18(12)3)11-7-5-6-10(2)16-11/h5-7,9,13-14H,4,8H2,1-3H3. The van der Waals surface area contributed by atoms with Crippen molar-refractivity contribution < 1.29 is 0 Å². The molecule has 0 amide bonds. The zero-order chi connectivity index (χ0) is 13.0. The number of aryl methyl sites for hydroxylation is 2. The Morgan fingerprint density at radius 1 is 1.39 bits per heavy atom. The molecule has 2 aromatic heterocycles. The lowest BCUT2D eigenvalue weighted by molar-refractivity contribution is 0.540. The summed E-state index contributed by atoms with van der Waals surface area (Å²) in [6, 6.07) is 6.11. The van der Waals surface area contributed by atoms with Crippen molar-refractivity contribution in [2.75, 3.05) is 6.54 Å². The van der Waals surface area contributed by atoms with Crippen LogP contribution in [0.25, 0.3) is 0 Å². The fourth-order valence-electron chi connectivity index (χ4n) is 1.93. The van der Waals surface area contributed by atoms with Gasteiger partial charge in [-0.15, -0.1) is 5.10 Å². The number of hydrogen-bond acceptors (Lipinski definition) is 4. The van der Waals surface area contributed by atoms with E-state index in [1.54, 1.807) is 10.9 Å². The molecule has 0 aliphatic carbocycles. The van der Waals surface area contributed by atoms with Crippen LogP contribution < -0.4 is 5.32 Å². The van der Waals surface area contributed by atoms with Crippen molar-refractivity contribution in [2.45, 2.75) is 26.3 Å². The van der Waals surface area contributed by atoms with Crippen LogP contribution >= 0.6 is 0 Å². The molecule has 0 saturated heterocycles. The molecule has 5 heteroatoms. The summed E-state index contributed by atoms with van der Waals surface area (Å²) in [5.74, 6) is 0. The minimum atomic E-state index is 0.0462. The van der Waals surface area contributed by atoms with E-state index in [-0.39, 0.29) is 6.04 Å². The van der Waals surface area contributed by atoms with Gasteiger partial charge in [-0.2, -0.15) is 0 Å². The molecule has 18 heavy (non-hydrogen) atoms. The van der Waals surface area contributed by atoms with Crippen molar-refractivity contribution in [3.8, 4) is 0 Å². The first-order valence-corrected chi connectivity index (χ1v) is 6.24. The second kappa shape index (κ2) is 5.73. The average molecular weight is 245 g/mol. The van der Waals surface area contributed by atoms with Crippen molar-refractivity contribution in [1.82, 2.24) is 25.3 Å². The van der Waals surface area contributed by atoms with E-state index in [0.29, 0.717) is 0 Å². The SMILES string of the molecule is CCCNC(c1cccc(C)n1)c1cnnn1C. The van der Waals surface area contributed by atoms with Gasteiger partial charge in [-0.25, -0.2) is 0 Å². The van der Waals surface area contributed by atoms with Crippen molar-refractivity contribution in [3.05, 3.63) is 41.5 Å². The lowest BCUT2D eigenvalue weighted by Crippen LogP contribution is -2.26. The molecule has 1 N–H and O–H groups in total. The lowest BCUT2D eigenvalue weighted by Gasteiger charge is -2.18. The van der Waals surface area contributed by atoms with Crippen LogP contribution in [0.5, 0.6) is 0 Å². The molecular formula is C13H19N5. The number of pyridine rings is 1. The highest BCUT2D eigenvalue weighted by molar-refractivity contribution is 5.21. The molecule has 0 aliphatic heterocycles. The van der Waals surface area contributed by atoms with Gasteiger partial charge in [-0.3, -0.25) is 9.67 Å². The van der Waals surface area contributed by atoms with E-state index in [2.05, 4.69) is 27.5 Å². The Hall–Kier alpha value is -1.75. The van der Waals surface area contributed by atoms with Crippen LogP contribution in [0.1, 0.15) is 36.5 Å². The Bertz CT molecular complexity index is 506. The van der Waals surface area contributed by atoms with Gasteiger partial charge in [0.15, 0.2) is 0 Å². The van der Waals surface area contributed by atoms with E-state index in [1.165, 1.54) is 0 Å². The Kier molecular flexibility index (Phi) is 4.04. The third kappa shape index (κ3) is 2.73. The quantitative estimate of drug-likeness (QED) is 0.869. The van der Waals surface area contributed by atoms with Gasteiger partial charge in [-0.05, 0) is 32.0 Å². The number of nitrogens with zero attached hydrogens (tertiary/aromatic N) is 4. The maximum Gasteiger partial charge on any atom is 0.0938 e. The van der Waals surface area contributed by atoms with Gasteiger partial charge >= 0.3 is 0 Å². The first kappa shape index (κ1) is 12.7. The lowest BCUT2D eigenvalue weighted by atomic mass is 10.1. The van der Waals surface area contributed by atoms with Crippen molar-refractivity contribution >= 4 is 0 Å². The molecule has 2 heterocycles. The normalized spacial score (nSPS) is 12.6. The smallest absolute Gasteiger partial charge is 0.0938 e. The Morgan fingerprint density at radius 3 is 2.83 bits per heavy atom. The van der Waals surface area contributed by atoms with E-state index in [9.17, 15) is 0 Å². The van der Waals surface area contributed by atoms with Gasteiger partial charge < -0.3 is 5.32 Å². The Labute approximate surface area is 107 Å². The molecule has 1 unspecified atom stereocenters. The Balaban J connectivity index is 2.33. The second-order valence-electron chi connectivity index (χ2n) is 4.37. The largest absolute Gasteiger partial charge is 0.304 e. The van der Waals surface area contributed by atoms with Gasteiger partial charge in [0, 0.05) is 12.7 Å². The van der Waals surface area contributed by atoms with Crippen LogP contribution in [0.3, 0.4) is 0 Å². The van der Waals surface area contributed by atoms with Gasteiger partial charge in [0.25, 0.3) is 0 Å². The molecular weight excluding hydrogens is 226 g/mol. The maximum absolute atomic E-state index is 4.59. The number of aromatic nitrogens is 4. The summed E-state index contributed by atoms with van der Waals surface area (Å²) < 4.78 is 1.79. The highest BCUT2D eigenvalue weighted by atomic mass is 15.4. The molecule has 5 nitrogen and oxygen atoms in total. The minimum absolute atomic E-state index is 0.0462. The minimum Gasteiger partial charge on any atom is -0.304 e. The summed E-state index contributed by atoms with van der Waals surface area (Å²) in [5, 5.41) is 11.4. The van der Waals surface area contributed by atoms with E-state index in [0.717, 1.165) is 30.0 Å². The Morgan fingerprint density at radius 2 is 2.22 bits per heavy atom. The molecule has 2 rings (SSSR count). The highest BCUT2D eigenvalue weighted by Crippen LogP contribution is 2.19. The first-order valence-electron chi connectivity index (χ1n) is 6.24. The van der Waals surface area contributed by atoms with Gasteiger partial charge in [0.2, 0.25) is 0 Å². The van der Waals surface area contributed by atoms with Crippen LogP contribution in [0, 0.1) is 6.92 Å². The van der Waals surface area contributed by atoms with Gasteiger partial charge in [0.05, 0.1) is 23.6 Å². The van der Waals surface area contributed by atoms with Crippen LogP contribution in [0.2, 0.25) is 0 Å². The fourth-order valence-corrected chi connectivity index (χ4v) is 1.93.